The molecule has 1 saturated carbocycles. The van der Waals surface area contributed by atoms with Gasteiger partial charge in [0.05, 0.1) is 11.3 Å². The van der Waals surface area contributed by atoms with Crippen LogP contribution in [0, 0.1) is 11.3 Å². The van der Waals surface area contributed by atoms with Crippen LogP contribution in [0.1, 0.15) is 29.9 Å². The Hall–Kier alpha value is -1.53. The molecule has 1 aliphatic carbocycles. The highest BCUT2D eigenvalue weighted by molar-refractivity contribution is 5.64. The average Bonchev–Trinajstić information content (AvgIpc) is 3.23. The zero-order chi connectivity index (χ0) is 11.7. The van der Waals surface area contributed by atoms with Crippen molar-refractivity contribution in [3.05, 3.63) is 29.3 Å². The smallest absolute Gasteiger partial charge is 0.102 e. The van der Waals surface area contributed by atoms with E-state index in [0.717, 1.165) is 37.4 Å². The molecule has 0 amide bonds. The standard InChI is InChI=1S/C14H17N3/c15-10-13-12(11-4-5-11)2-1-3-14(13)17-8-6-16-7-9-17/h1-3,11,16H,4-9H2. The molecular weight excluding hydrogens is 210 g/mol. The monoisotopic (exact) mass is 227 g/mol. The predicted octanol–water partition coefficient (Wildman–Crippen LogP) is 1.85. The number of hydrogen-bond acceptors (Lipinski definition) is 3. The summed E-state index contributed by atoms with van der Waals surface area (Å²) in [6, 6.07) is 8.74. The van der Waals surface area contributed by atoms with Crippen molar-refractivity contribution < 1.29 is 0 Å². The van der Waals surface area contributed by atoms with E-state index in [4.69, 9.17) is 0 Å². The van der Waals surface area contributed by atoms with Crippen LogP contribution in [0.15, 0.2) is 18.2 Å². The topological polar surface area (TPSA) is 39.1 Å². The SMILES string of the molecule is N#Cc1c(C2CC2)cccc1N1CCNCC1. The van der Waals surface area contributed by atoms with Gasteiger partial charge in [0.1, 0.15) is 6.07 Å². The van der Waals surface area contributed by atoms with Gasteiger partial charge in [0.25, 0.3) is 0 Å². The normalized spacial score (nSPS) is 20.1. The summed E-state index contributed by atoms with van der Waals surface area (Å²) in [5.74, 6) is 0.646. The maximum absolute atomic E-state index is 9.41. The molecule has 1 saturated heterocycles. The Labute approximate surface area is 102 Å². The van der Waals surface area contributed by atoms with Crippen molar-refractivity contribution in [2.45, 2.75) is 18.8 Å². The maximum Gasteiger partial charge on any atom is 0.102 e. The number of hydrogen-bond donors (Lipinski definition) is 1. The van der Waals surface area contributed by atoms with Gasteiger partial charge in [0, 0.05) is 26.2 Å². The lowest BCUT2D eigenvalue weighted by Crippen LogP contribution is -2.43. The van der Waals surface area contributed by atoms with Crippen molar-refractivity contribution in [3.8, 4) is 6.07 Å². The summed E-state index contributed by atoms with van der Waals surface area (Å²) in [7, 11) is 0. The number of benzene rings is 1. The Morgan fingerprint density at radius 1 is 1.24 bits per heavy atom. The second-order valence-corrected chi connectivity index (χ2v) is 4.86. The van der Waals surface area contributed by atoms with Gasteiger partial charge in [-0.25, -0.2) is 0 Å². The first-order chi connectivity index (χ1) is 8.40. The van der Waals surface area contributed by atoms with Crippen molar-refractivity contribution >= 4 is 5.69 Å². The Morgan fingerprint density at radius 3 is 2.65 bits per heavy atom. The highest BCUT2D eigenvalue weighted by Crippen LogP contribution is 2.43. The number of piperazine rings is 1. The summed E-state index contributed by atoms with van der Waals surface area (Å²) in [5, 5.41) is 12.8. The molecule has 0 aromatic heterocycles. The van der Waals surface area contributed by atoms with E-state index < -0.39 is 0 Å². The van der Waals surface area contributed by atoms with Crippen LogP contribution in [0.4, 0.5) is 5.69 Å². The molecule has 1 aliphatic heterocycles. The second-order valence-electron chi connectivity index (χ2n) is 4.86. The second kappa shape index (κ2) is 4.38. The van der Waals surface area contributed by atoms with Gasteiger partial charge in [0.15, 0.2) is 0 Å². The van der Waals surface area contributed by atoms with Crippen molar-refractivity contribution in [2.75, 3.05) is 31.1 Å². The van der Waals surface area contributed by atoms with Crippen LogP contribution in [0.5, 0.6) is 0 Å². The number of nitrogens with one attached hydrogen (secondary N) is 1. The van der Waals surface area contributed by atoms with Crippen LogP contribution >= 0.6 is 0 Å². The molecule has 3 rings (SSSR count). The molecule has 3 nitrogen and oxygen atoms in total. The molecule has 0 unspecified atom stereocenters. The van der Waals surface area contributed by atoms with Gasteiger partial charge in [-0.15, -0.1) is 0 Å². The molecule has 88 valence electrons. The third-order valence-corrected chi connectivity index (χ3v) is 3.66. The molecule has 1 aromatic carbocycles. The minimum Gasteiger partial charge on any atom is -0.368 e. The lowest BCUT2D eigenvalue weighted by molar-refractivity contribution is 0.589. The lowest BCUT2D eigenvalue weighted by atomic mass is 10.0. The summed E-state index contributed by atoms with van der Waals surface area (Å²) in [6.45, 7) is 4.03. The minimum atomic E-state index is 0.646. The van der Waals surface area contributed by atoms with Crippen molar-refractivity contribution in [1.29, 1.82) is 5.26 Å². The zero-order valence-corrected chi connectivity index (χ0v) is 9.95. The highest BCUT2D eigenvalue weighted by Gasteiger charge is 2.28. The third-order valence-electron chi connectivity index (χ3n) is 3.66. The number of nitriles is 1. The number of nitrogens with zero attached hydrogens (tertiary/aromatic N) is 2. The van der Waals surface area contributed by atoms with Gasteiger partial charge in [0.2, 0.25) is 0 Å². The number of anilines is 1. The maximum atomic E-state index is 9.41. The molecule has 0 atom stereocenters. The van der Waals surface area contributed by atoms with Crippen LogP contribution in [0.25, 0.3) is 0 Å². The van der Waals surface area contributed by atoms with Gasteiger partial charge >= 0.3 is 0 Å². The molecule has 0 radical (unpaired) electrons. The van der Waals surface area contributed by atoms with Gasteiger partial charge in [-0.3, -0.25) is 0 Å². The van der Waals surface area contributed by atoms with E-state index in [-0.39, 0.29) is 0 Å². The van der Waals surface area contributed by atoms with Crippen LogP contribution in [-0.2, 0) is 0 Å². The molecule has 2 aliphatic rings. The van der Waals surface area contributed by atoms with E-state index in [1.807, 2.05) is 0 Å². The van der Waals surface area contributed by atoms with E-state index in [1.165, 1.54) is 18.4 Å². The fraction of sp³-hybridized carbons (Fsp3) is 0.500. The van der Waals surface area contributed by atoms with E-state index >= 15 is 0 Å². The molecule has 1 heterocycles. The van der Waals surface area contributed by atoms with Crippen LogP contribution in [0.2, 0.25) is 0 Å². The van der Waals surface area contributed by atoms with Crippen LogP contribution < -0.4 is 10.2 Å². The Balaban J connectivity index is 1.97. The minimum absolute atomic E-state index is 0.646. The largest absolute Gasteiger partial charge is 0.368 e. The Bertz CT molecular complexity index is 451. The Morgan fingerprint density at radius 2 is 2.00 bits per heavy atom. The fourth-order valence-electron chi connectivity index (χ4n) is 2.58. The summed E-state index contributed by atoms with van der Waals surface area (Å²) in [4.78, 5) is 2.33. The first-order valence-electron chi connectivity index (χ1n) is 6.39. The zero-order valence-electron chi connectivity index (χ0n) is 9.95. The molecule has 0 bridgehead atoms. The summed E-state index contributed by atoms with van der Waals surface area (Å²) in [5.41, 5.74) is 3.32. The average molecular weight is 227 g/mol. The van der Waals surface area contributed by atoms with Crippen LogP contribution in [-0.4, -0.2) is 26.2 Å². The predicted molar refractivity (Wildman–Crippen MR) is 68.2 cm³/mol. The fourth-order valence-corrected chi connectivity index (χ4v) is 2.58. The van der Waals surface area contributed by atoms with E-state index in [0.29, 0.717) is 5.92 Å². The first kappa shape index (κ1) is 10.6. The molecule has 0 spiro atoms. The van der Waals surface area contributed by atoms with Gasteiger partial charge in [-0.05, 0) is 30.4 Å². The molecule has 1 aromatic rings. The van der Waals surface area contributed by atoms with E-state index in [9.17, 15) is 5.26 Å². The Kier molecular flexibility index (Phi) is 2.74. The van der Waals surface area contributed by atoms with Crippen molar-refractivity contribution in [2.24, 2.45) is 0 Å². The van der Waals surface area contributed by atoms with Crippen molar-refractivity contribution in [1.82, 2.24) is 5.32 Å². The van der Waals surface area contributed by atoms with Gasteiger partial charge in [-0.1, -0.05) is 12.1 Å². The van der Waals surface area contributed by atoms with Gasteiger partial charge < -0.3 is 10.2 Å². The molecule has 17 heavy (non-hydrogen) atoms. The summed E-state index contributed by atoms with van der Waals surface area (Å²) >= 11 is 0. The molecule has 3 heteroatoms. The van der Waals surface area contributed by atoms with Crippen molar-refractivity contribution in [3.63, 3.8) is 0 Å². The van der Waals surface area contributed by atoms with Crippen LogP contribution in [0.3, 0.4) is 0 Å². The third kappa shape index (κ3) is 2.01. The molecule has 1 N–H and O–H groups in total. The number of rotatable bonds is 2. The quantitative estimate of drug-likeness (QED) is 0.838. The molecule has 2 fully saturated rings. The van der Waals surface area contributed by atoms with E-state index in [1.54, 1.807) is 0 Å². The van der Waals surface area contributed by atoms with Gasteiger partial charge in [-0.2, -0.15) is 5.26 Å². The van der Waals surface area contributed by atoms with E-state index in [2.05, 4.69) is 34.5 Å². The summed E-state index contributed by atoms with van der Waals surface area (Å²) in [6.07, 6.45) is 2.50. The molecular formula is C14H17N3. The first-order valence-corrected chi connectivity index (χ1v) is 6.39. The lowest BCUT2D eigenvalue weighted by Gasteiger charge is -2.30. The summed E-state index contributed by atoms with van der Waals surface area (Å²) < 4.78 is 0. The highest BCUT2D eigenvalue weighted by atomic mass is 15.2.